The van der Waals surface area contributed by atoms with Crippen LogP contribution in [0.15, 0.2) is 53.7 Å². The van der Waals surface area contributed by atoms with E-state index < -0.39 is 11.9 Å². The van der Waals surface area contributed by atoms with Crippen molar-refractivity contribution in [1.29, 1.82) is 0 Å². The fraction of sp³-hybridized carbons (Fsp3) is 0.379. The highest BCUT2D eigenvalue weighted by Gasteiger charge is 2.44. The second-order valence-corrected chi connectivity index (χ2v) is 11.1. The van der Waals surface area contributed by atoms with Crippen molar-refractivity contribution in [2.24, 2.45) is 5.41 Å². The number of hydrogen-bond acceptors (Lipinski definition) is 8. The lowest BCUT2D eigenvalue weighted by Gasteiger charge is -2.26. The smallest absolute Gasteiger partial charge is 0.411 e. The number of likely N-dealkylation sites (tertiary alicyclic amines) is 1. The van der Waals surface area contributed by atoms with Gasteiger partial charge in [0.2, 0.25) is 0 Å². The summed E-state index contributed by atoms with van der Waals surface area (Å²) < 4.78 is 25.3. The van der Waals surface area contributed by atoms with E-state index in [9.17, 15) is 14.0 Å². The molecule has 11 nitrogen and oxygen atoms in total. The minimum Gasteiger partial charge on any atom is -0.450 e. The zero-order valence-corrected chi connectivity index (χ0v) is 22.9. The van der Waals surface area contributed by atoms with E-state index in [1.165, 1.54) is 24.5 Å². The molecule has 1 unspecified atom stereocenters. The number of nitrogens with zero attached hydrogens (tertiary/aromatic N) is 4. The largest absolute Gasteiger partial charge is 0.450 e. The summed E-state index contributed by atoms with van der Waals surface area (Å²) in [5.41, 5.74) is 2.87. The number of aromatic amines is 2. The zero-order chi connectivity index (χ0) is 28.6. The van der Waals surface area contributed by atoms with Crippen LogP contribution in [0.1, 0.15) is 32.3 Å². The average Bonchev–Trinajstić information content (AvgIpc) is 3.63. The summed E-state index contributed by atoms with van der Waals surface area (Å²) in [6, 6.07) is 9.94. The van der Waals surface area contributed by atoms with Crippen molar-refractivity contribution >= 4 is 28.6 Å². The predicted molar refractivity (Wildman–Crippen MR) is 152 cm³/mol. The molecule has 0 aliphatic carbocycles. The summed E-state index contributed by atoms with van der Waals surface area (Å²) in [5, 5.41) is 2.56. The first-order valence-corrected chi connectivity index (χ1v) is 13.7. The van der Waals surface area contributed by atoms with E-state index in [1.54, 1.807) is 20.0 Å². The number of carbonyl (C=O) groups is 1. The summed E-state index contributed by atoms with van der Waals surface area (Å²) in [5.74, 6) is 0.803. The van der Waals surface area contributed by atoms with Crippen LogP contribution in [0.3, 0.4) is 0 Å². The first kappa shape index (κ1) is 26.8. The number of aromatic nitrogens is 4. The number of amides is 1. The van der Waals surface area contributed by atoms with Gasteiger partial charge >= 0.3 is 11.8 Å². The lowest BCUT2D eigenvalue weighted by Crippen LogP contribution is -2.31. The molecule has 2 aliphatic heterocycles. The fourth-order valence-electron chi connectivity index (χ4n) is 5.83. The van der Waals surface area contributed by atoms with Crippen LogP contribution in [-0.2, 0) is 11.3 Å². The van der Waals surface area contributed by atoms with Crippen LogP contribution in [0.2, 0.25) is 0 Å². The summed E-state index contributed by atoms with van der Waals surface area (Å²) in [4.78, 5) is 42.8. The van der Waals surface area contributed by atoms with Gasteiger partial charge in [-0.25, -0.2) is 23.9 Å². The maximum Gasteiger partial charge on any atom is 0.411 e. The summed E-state index contributed by atoms with van der Waals surface area (Å²) in [6.07, 6.45) is 4.12. The number of carbonyl (C=O) groups excluding carboxylic acids is 1. The van der Waals surface area contributed by atoms with Crippen LogP contribution in [0.4, 0.5) is 20.7 Å². The van der Waals surface area contributed by atoms with Gasteiger partial charge in [-0.05, 0) is 63.1 Å². The van der Waals surface area contributed by atoms with Crippen molar-refractivity contribution in [1.82, 2.24) is 24.8 Å². The second-order valence-electron chi connectivity index (χ2n) is 11.1. The number of anilines is 2. The molecular weight excluding hydrogens is 529 g/mol. The van der Waals surface area contributed by atoms with Crippen LogP contribution >= 0.6 is 0 Å². The van der Waals surface area contributed by atoms with Gasteiger partial charge < -0.3 is 24.3 Å². The molecule has 0 radical (unpaired) electrons. The molecular formula is C29H32FN7O4. The van der Waals surface area contributed by atoms with Gasteiger partial charge in [-0.15, -0.1) is 0 Å². The number of hydrogen-bond donors (Lipinski definition) is 3. The number of H-pyrrole nitrogens is 2. The normalized spacial score (nSPS) is 19.0. The Hall–Kier alpha value is -4.45. The number of ether oxygens (including phenoxy) is 2. The van der Waals surface area contributed by atoms with Crippen molar-refractivity contribution in [3.05, 3.63) is 70.8 Å². The molecule has 41 heavy (non-hydrogen) atoms. The third-order valence-electron chi connectivity index (χ3n) is 7.64. The lowest BCUT2D eigenvalue weighted by molar-refractivity contribution is 0.130. The minimum absolute atomic E-state index is 0.123. The molecule has 1 atom stereocenters. The van der Waals surface area contributed by atoms with Crippen molar-refractivity contribution < 1.29 is 18.7 Å². The SMILES string of the molecule is CC(C)OC(=O)Nc1cc(F)ccc1Oc1cncnc1N1CCC2(CCN(Cc3ccc4[nH]c(=O)[nH]c4c3)C2)C1. The van der Waals surface area contributed by atoms with E-state index in [1.807, 2.05) is 12.1 Å². The van der Waals surface area contributed by atoms with Gasteiger partial charge in [0.15, 0.2) is 17.3 Å². The fourth-order valence-corrected chi connectivity index (χ4v) is 5.83. The molecule has 12 heteroatoms. The van der Waals surface area contributed by atoms with Gasteiger partial charge in [0, 0.05) is 37.7 Å². The van der Waals surface area contributed by atoms with Crippen LogP contribution in [0, 0.1) is 11.2 Å². The third-order valence-corrected chi connectivity index (χ3v) is 7.64. The van der Waals surface area contributed by atoms with Crippen molar-refractivity contribution in [3.8, 4) is 11.5 Å². The molecule has 2 aromatic heterocycles. The Morgan fingerprint density at radius 2 is 1.93 bits per heavy atom. The molecule has 1 spiro atoms. The maximum absolute atomic E-state index is 14.0. The van der Waals surface area contributed by atoms with Crippen LogP contribution in [0.5, 0.6) is 11.5 Å². The molecule has 2 aliphatic rings. The first-order valence-electron chi connectivity index (χ1n) is 13.7. The molecule has 4 heterocycles. The number of nitrogens with one attached hydrogen (secondary N) is 3. The van der Waals surface area contributed by atoms with Crippen LogP contribution in [-0.4, -0.2) is 63.2 Å². The third kappa shape index (κ3) is 5.87. The average molecular weight is 562 g/mol. The highest BCUT2D eigenvalue weighted by Crippen LogP contribution is 2.43. The van der Waals surface area contributed by atoms with Gasteiger partial charge in [-0.2, -0.15) is 0 Å². The molecule has 1 amide bonds. The van der Waals surface area contributed by atoms with Gasteiger partial charge in [0.25, 0.3) is 0 Å². The van der Waals surface area contributed by atoms with Crippen molar-refractivity contribution in [2.45, 2.75) is 39.3 Å². The molecule has 2 saturated heterocycles. The Morgan fingerprint density at radius 3 is 2.78 bits per heavy atom. The monoisotopic (exact) mass is 561 g/mol. The quantitative estimate of drug-likeness (QED) is 0.298. The van der Waals surface area contributed by atoms with E-state index >= 15 is 0 Å². The van der Waals surface area contributed by atoms with Crippen molar-refractivity contribution in [3.63, 3.8) is 0 Å². The predicted octanol–water partition coefficient (Wildman–Crippen LogP) is 4.64. The van der Waals surface area contributed by atoms with E-state index in [2.05, 4.69) is 41.1 Å². The Balaban J connectivity index is 1.15. The minimum atomic E-state index is -0.700. The van der Waals surface area contributed by atoms with E-state index in [-0.39, 0.29) is 28.6 Å². The maximum atomic E-state index is 14.0. The molecule has 4 aromatic rings. The standard InChI is InChI=1S/C29H32FN7O4/c1-18(2)40-28(39)35-23-12-20(30)4-6-24(23)41-25-13-31-17-32-26(25)37-10-8-29(16-37)7-9-36(15-29)14-19-3-5-21-22(11-19)34-27(38)33-21/h3-6,11-13,17-18H,7-10,14-16H2,1-2H3,(H,35,39)(H2,33,34,38). The summed E-state index contributed by atoms with van der Waals surface area (Å²) >= 11 is 0. The zero-order valence-electron chi connectivity index (χ0n) is 22.9. The lowest BCUT2D eigenvalue weighted by atomic mass is 9.86. The number of fused-ring (bicyclic) bond motifs is 1. The Kier molecular flexibility index (Phi) is 7.08. The molecule has 2 aromatic carbocycles. The first-order chi connectivity index (χ1) is 19.7. The number of benzene rings is 2. The van der Waals surface area contributed by atoms with E-state index in [0.29, 0.717) is 11.6 Å². The summed E-state index contributed by atoms with van der Waals surface area (Å²) in [7, 11) is 0. The van der Waals surface area contributed by atoms with Gasteiger partial charge in [-0.3, -0.25) is 10.2 Å². The summed E-state index contributed by atoms with van der Waals surface area (Å²) in [6.45, 7) is 7.84. The number of rotatable bonds is 7. The van der Waals surface area contributed by atoms with Gasteiger partial charge in [0.1, 0.15) is 12.1 Å². The molecule has 3 N–H and O–H groups in total. The van der Waals surface area contributed by atoms with Crippen LogP contribution in [0.25, 0.3) is 11.0 Å². The molecule has 6 rings (SSSR count). The highest BCUT2D eigenvalue weighted by atomic mass is 19.1. The Bertz CT molecular complexity index is 1640. The van der Waals surface area contributed by atoms with E-state index in [0.717, 1.165) is 62.2 Å². The molecule has 2 fully saturated rings. The molecule has 214 valence electrons. The Labute approximate surface area is 235 Å². The van der Waals surface area contributed by atoms with Gasteiger partial charge in [-0.1, -0.05) is 6.07 Å². The second kappa shape index (κ2) is 10.8. The molecule has 0 bridgehead atoms. The van der Waals surface area contributed by atoms with Crippen LogP contribution < -0.4 is 20.6 Å². The topological polar surface area (TPSA) is 128 Å². The number of halogens is 1. The molecule has 0 saturated carbocycles. The Morgan fingerprint density at radius 1 is 1.10 bits per heavy atom. The highest BCUT2D eigenvalue weighted by molar-refractivity contribution is 5.87. The van der Waals surface area contributed by atoms with Crippen molar-refractivity contribution in [2.75, 3.05) is 36.4 Å². The van der Waals surface area contributed by atoms with E-state index in [4.69, 9.17) is 9.47 Å². The number of imidazole rings is 1. The van der Waals surface area contributed by atoms with Gasteiger partial charge in [0.05, 0.1) is 29.0 Å².